The molecule has 1 heterocycles. The van der Waals surface area contributed by atoms with E-state index in [1.165, 1.54) is 41.5 Å². The molecule has 1 aliphatic heterocycles. The van der Waals surface area contributed by atoms with E-state index >= 15 is 0 Å². The molecule has 3 nitrogen and oxygen atoms in total. The number of carbonyl (C=O) groups excluding carboxylic acids is 1. The van der Waals surface area contributed by atoms with Gasteiger partial charge in [-0.2, -0.15) is 0 Å². The van der Waals surface area contributed by atoms with E-state index in [2.05, 4.69) is 29.4 Å². The summed E-state index contributed by atoms with van der Waals surface area (Å²) in [5.41, 5.74) is 4.29. The number of fused-ring (bicyclic) bond motifs is 1. The van der Waals surface area contributed by atoms with Crippen LogP contribution in [0.1, 0.15) is 16.7 Å². The highest BCUT2D eigenvalue weighted by Crippen LogP contribution is 2.20. The fourth-order valence-electron chi connectivity index (χ4n) is 2.71. The van der Waals surface area contributed by atoms with Gasteiger partial charge in [0.05, 0.1) is 0 Å². The van der Waals surface area contributed by atoms with Gasteiger partial charge in [-0.1, -0.05) is 18.2 Å². The van der Waals surface area contributed by atoms with Crippen LogP contribution in [0.3, 0.4) is 0 Å². The summed E-state index contributed by atoms with van der Waals surface area (Å²) in [5, 5.41) is 2.71. The van der Waals surface area contributed by atoms with Gasteiger partial charge in [0, 0.05) is 24.9 Å². The van der Waals surface area contributed by atoms with E-state index in [-0.39, 0.29) is 11.7 Å². The Labute approximate surface area is 135 Å². The molecule has 0 fully saturated rings. The summed E-state index contributed by atoms with van der Waals surface area (Å²) in [7, 11) is 2.11. The van der Waals surface area contributed by atoms with Crippen LogP contribution in [0, 0.1) is 5.82 Å². The number of rotatable bonds is 3. The summed E-state index contributed by atoms with van der Waals surface area (Å²) in [6, 6.07) is 12.0. The summed E-state index contributed by atoms with van der Waals surface area (Å²) in [5.74, 6) is -0.552. The number of likely N-dealkylation sites (N-methyl/N-ethyl adjacent to an activating group) is 1. The zero-order valence-electron chi connectivity index (χ0n) is 13.1. The Kier molecular flexibility index (Phi) is 4.53. The third kappa shape index (κ3) is 4.05. The lowest BCUT2D eigenvalue weighted by Gasteiger charge is -2.25. The minimum atomic E-state index is -0.322. The summed E-state index contributed by atoms with van der Waals surface area (Å²) in [6.45, 7) is 2.03. The van der Waals surface area contributed by atoms with E-state index in [4.69, 9.17) is 0 Å². The number of anilines is 1. The summed E-state index contributed by atoms with van der Waals surface area (Å²) < 4.78 is 12.8. The van der Waals surface area contributed by atoms with Crippen LogP contribution < -0.4 is 5.32 Å². The predicted molar refractivity (Wildman–Crippen MR) is 90.5 cm³/mol. The maximum Gasteiger partial charge on any atom is 0.248 e. The van der Waals surface area contributed by atoms with Gasteiger partial charge in [-0.25, -0.2) is 4.39 Å². The van der Waals surface area contributed by atoms with Crippen molar-refractivity contribution in [1.82, 2.24) is 4.90 Å². The smallest absolute Gasteiger partial charge is 0.248 e. The van der Waals surface area contributed by atoms with Crippen molar-refractivity contribution in [3.05, 3.63) is 71.0 Å². The molecule has 1 N–H and O–H groups in total. The number of nitrogens with one attached hydrogen (secondary N) is 1. The van der Waals surface area contributed by atoms with Gasteiger partial charge in [-0.3, -0.25) is 4.79 Å². The molecule has 0 saturated heterocycles. The van der Waals surface area contributed by atoms with Crippen molar-refractivity contribution < 1.29 is 9.18 Å². The monoisotopic (exact) mass is 310 g/mol. The van der Waals surface area contributed by atoms with Crippen LogP contribution in [0.4, 0.5) is 10.1 Å². The van der Waals surface area contributed by atoms with Crippen LogP contribution in [0.2, 0.25) is 0 Å². The molecule has 1 aliphatic rings. The molecule has 0 saturated carbocycles. The minimum Gasteiger partial charge on any atom is -0.323 e. The largest absolute Gasteiger partial charge is 0.323 e. The number of halogens is 1. The predicted octanol–water partition coefficient (Wildman–Crippen LogP) is 3.47. The fourth-order valence-corrected chi connectivity index (χ4v) is 2.71. The second-order valence-corrected chi connectivity index (χ2v) is 5.85. The fraction of sp³-hybridized carbons (Fsp3) is 0.211. The molecule has 0 unspecified atom stereocenters. The number of nitrogens with zero attached hydrogens (tertiary/aromatic N) is 1. The number of hydrogen-bond acceptors (Lipinski definition) is 2. The normalized spacial score (nSPS) is 14.7. The first-order chi connectivity index (χ1) is 11.1. The lowest BCUT2D eigenvalue weighted by Crippen LogP contribution is -2.26. The average molecular weight is 310 g/mol. The Bertz CT molecular complexity index is 738. The SMILES string of the molecule is CN1CCc2ccc(/C=C/C(=O)Nc3ccc(F)cc3)cc2C1. The van der Waals surface area contributed by atoms with E-state index in [0.29, 0.717) is 5.69 Å². The van der Waals surface area contributed by atoms with Crippen molar-refractivity contribution in [2.75, 3.05) is 18.9 Å². The first-order valence-corrected chi connectivity index (χ1v) is 7.65. The molecule has 0 aromatic heterocycles. The van der Waals surface area contributed by atoms with E-state index in [1.54, 1.807) is 6.08 Å². The Morgan fingerprint density at radius 3 is 2.74 bits per heavy atom. The van der Waals surface area contributed by atoms with Crippen LogP contribution in [0.25, 0.3) is 6.08 Å². The van der Waals surface area contributed by atoms with Crippen molar-refractivity contribution in [2.45, 2.75) is 13.0 Å². The summed E-state index contributed by atoms with van der Waals surface area (Å²) >= 11 is 0. The molecule has 2 aromatic carbocycles. The Morgan fingerprint density at radius 2 is 1.96 bits per heavy atom. The quantitative estimate of drug-likeness (QED) is 0.881. The Morgan fingerprint density at radius 1 is 1.17 bits per heavy atom. The molecule has 0 radical (unpaired) electrons. The second-order valence-electron chi connectivity index (χ2n) is 5.85. The van der Waals surface area contributed by atoms with Crippen LogP contribution in [0.5, 0.6) is 0 Å². The topological polar surface area (TPSA) is 32.3 Å². The number of hydrogen-bond donors (Lipinski definition) is 1. The van der Waals surface area contributed by atoms with Crippen LogP contribution in [0.15, 0.2) is 48.5 Å². The highest BCUT2D eigenvalue weighted by atomic mass is 19.1. The average Bonchev–Trinajstić information content (AvgIpc) is 2.54. The first kappa shape index (κ1) is 15.4. The van der Waals surface area contributed by atoms with Crippen LogP contribution in [-0.2, 0) is 17.8 Å². The number of benzene rings is 2. The van der Waals surface area contributed by atoms with Crippen molar-refractivity contribution >= 4 is 17.7 Å². The Balaban J connectivity index is 1.66. The van der Waals surface area contributed by atoms with Gasteiger partial charge in [0.15, 0.2) is 0 Å². The molecule has 3 rings (SSSR count). The third-order valence-corrected chi connectivity index (χ3v) is 3.97. The molecule has 0 bridgehead atoms. The summed E-state index contributed by atoms with van der Waals surface area (Å²) in [4.78, 5) is 14.2. The van der Waals surface area contributed by atoms with E-state index in [0.717, 1.165) is 25.1 Å². The van der Waals surface area contributed by atoms with E-state index in [9.17, 15) is 9.18 Å². The third-order valence-electron chi connectivity index (χ3n) is 3.97. The van der Waals surface area contributed by atoms with Crippen LogP contribution in [-0.4, -0.2) is 24.4 Å². The standard InChI is InChI=1S/C19H19FN2O/c1-22-11-10-15-4-2-14(12-16(15)13-22)3-9-19(23)21-18-7-5-17(20)6-8-18/h2-9,12H,10-11,13H2,1H3,(H,21,23)/b9-3+. The zero-order valence-corrected chi connectivity index (χ0v) is 13.1. The van der Waals surface area contributed by atoms with Crippen molar-refractivity contribution in [1.29, 1.82) is 0 Å². The van der Waals surface area contributed by atoms with Gasteiger partial charge in [0.1, 0.15) is 5.82 Å². The highest BCUT2D eigenvalue weighted by molar-refractivity contribution is 6.01. The molecule has 0 atom stereocenters. The molecule has 2 aromatic rings. The van der Waals surface area contributed by atoms with Gasteiger partial charge in [-0.15, -0.1) is 0 Å². The molecule has 1 amide bonds. The van der Waals surface area contributed by atoms with Crippen molar-refractivity contribution in [3.63, 3.8) is 0 Å². The van der Waals surface area contributed by atoms with Gasteiger partial charge in [0.2, 0.25) is 5.91 Å². The van der Waals surface area contributed by atoms with Gasteiger partial charge in [0.25, 0.3) is 0 Å². The number of amides is 1. The van der Waals surface area contributed by atoms with Crippen molar-refractivity contribution in [3.8, 4) is 0 Å². The molecule has 4 heteroatoms. The molecular weight excluding hydrogens is 291 g/mol. The van der Waals surface area contributed by atoms with E-state index in [1.807, 2.05) is 6.07 Å². The van der Waals surface area contributed by atoms with Gasteiger partial charge in [-0.05, 0) is 60.5 Å². The second kappa shape index (κ2) is 6.75. The lowest BCUT2D eigenvalue weighted by molar-refractivity contribution is -0.111. The minimum absolute atomic E-state index is 0.230. The van der Waals surface area contributed by atoms with Crippen LogP contribution >= 0.6 is 0 Å². The summed E-state index contributed by atoms with van der Waals surface area (Å²) in [6.07, 6.45) is 4.37. The lowest BCUT2D eigenvalue weighted by atomic mass is 9.97. The highest BCUT2D eigenvalue weighted by Gasteiger charge is 2.12. The Hall–Kier alpha value is -2.46. The van der Waals surface area contributed by atoms with Crippen molar-refractivity contribution in [2.24, 2.45) is 0 Å². The first-order valence-electron chi connectivity index (χ1n) is 7.65. The number of carbonyl (C=O) groups is 1. The zero-order chi connectivity index (χ0) is 16.2. The maximum atomic E-state index is 12.8. The molecular formula is C19H19FN2O. The maximum absolute atomic E-state index is 12.8. The molecule has 23 heavy (non-hydrogen) atoms. The molecule has 0 aliphatic carbocycles. The van der Waals surface area contributed by atoms with Gasteiger partial charge >= 0.3 is 0 Å². The molecule has 118 valence electrons. The van der Waals surface area contributed by atoms with E-state index < -0.39 is 0 Å². The molecule has 0 spiro atoms. The van der Waals surface area contributed by atoms with Gasteiger partial charge < -0.3 is 10.2 Å².